The van der Waals surface area contributed by atoms with Crippen LogP contribution in [0.2, 0.25) is 0 Å². The van der Waals surface area contributed by atoms with Crippen LogP contribution < -0.4 is 4.90 Å². The number of hydrogen-bond acceptors (Lipinski definition) is 5. The van der Waals surface area contributed by atoms with E-state index in [0.717, 1.165) is 29.3 Å². The zero-order chi connectivity index (χ0) is 31.9. The van der Waals surface area contributed by atoms with E-state index in [1.165, 1.54) is 6.07 Å². The Labute approximate surface area is 269 Å². The molecule has 46 heavy (non-hydrogen) atoms. The van der Waals surface area contributed by atoms with Gasteiger partial charge in [0.15, 0.2) is 0 Å². The standard InChI is InChI=1S/C38H41F3N2O3/c1-28-36(45-26-30-15-7-3-8-16-30)37(46-27-31-17-9-4-10-18-31)35(44-25-29-13-5-2-6-14-29)24-42(28)21-32-22-43(23-32)34-20-12-11-19-33(34)38(39,40)41/h2-20,28,32,35-37H,21-27H2,1H3/t28-,35+,36-,37-/m1/s1. The lowest BCUT2D eigenvalue weighted by molar-refractivity contribution is -0.202. The van der Waals surface area contributed by atoms with E-state index >= 15 is 0 Å². The van der Waals surface area contributed by atoms with Gasteiger partial charge in [-0.2, -0.15) is 13.2 Å². The molecule has 2 heterocycles. The van der Waals surface area contributed by atoms with E-state index in [1.807, 2.05) is 71.6 Å². The number of nitrogens with zero attached hydrogens (tertiary/aromatic N) is 2. The first-order chi connectivity index (χ1) is 22.3. The zero-order valence-corrected chi connectivity index (χ0v) is 26.1. The first-order valence-corrected chi connectivity index (χ1v) is 16.0. The van der Waals surface area contributed by atoms with Gasteiger partial charge >= 0.3 is 6.18 Å². The molecule has 6 rings (SSSR count). The maximum absolute atomic E-state index is 13.7. The Bertz CT molecular complexity index is 1500. The van der Waals surface area contributed by atoms with E-state index in [2.05, 4.69) is 36.1 Å². The van der Waals surface area contributed by atoms with E-state index < -0.39 is 11.7 Å². The molecule has 2 aliphatic rings. The summed E-state index contributed by atoms with van der Waals surface area (Å²) in [5.41, 5.74) is 2.90. The SMILES string of the molecule is C[C@@H]1[C@@H](OCc2ccccc2)[C@H](OCc2ccccc2)[C@@H](OCc2ccccc2)CN1CC1CN(c2ccccc2C(F)(F)F)C1. The van der Waals surface area contributed by atoms with Gasteiger partial charge in [0.25, 0.3) is 0 Å². The summed E-state index contributed by atoms with van der Waals surface area (Å²) < 4.78 is 61.1. The van der Waals surface area contributed by atoms with Crippen molar-refractivity contribution < 1.29 is 27.4 Å². The third-order valence-corrected chi connectivity index (χ3v) is 9.03. The van der Waals surface area contributed by atoms with E-state index in [-0.39, 0.29) is 36.0 Å². The summed E-state index contributed by atoms with van der Waals surface area (Å²) in [7, 11) is 0. The minimum absolute atomic E-state index is 0.00225. The summed E-state index contributed by atoms with van der Waals surface area (Å²) in [6.45, 7) is 5.97. The summed E-state index contributed by atoms with van der Waals surface area (Å²) >= 11 is 0. The maximum Gasteiger partial charge on any atom is 0.418 e. The molecular formula is C38H41F3N2O3. The van der Waals surface area contributed by atoms with Gasteiger partial charge in [-0.1, -0.05) is 103 Å². The second-order valence-corrected chi connectivity index (χ2v) is 12.3. The van der Waals surface area contributed by atoms with Crippen LogP contribution in [0.15, 0.2) is 115 Å². The van der Waals surface area contributed by atoms with Crippen molar-refractivity contribution >= 4 is 5.69 Å². The van der Waals surface area contributed by atoms with Crippen molar-refractivity contribution in [3.8, 4) is 0 Å². The van der Waals surface area contributed by atoms with Gasteiger partial charge in [-0.15, -0.1) is 0 Å². The lowest BCUT2D eigenvalue weighted by Gasteiger charge is -2.50. The molecule has 0 bridgehead atoms. The predicted molar refractivity (Wildman–Crippen MR) is 173 cm³/mol. The summed E-state index contributed by atoms with van der Waals surface area (Å²) in [6.07, 6.45) is -5.27. The van der Waals surface area contributed by atoms with Crippen LogP contribution in [0.1, 0.15) is 29.2 Å². The molecule has 0 unspecified atom stereocenters. The topological polar surface area (TPSA) is 34.2 Å². The molecule has 0 aliphatic carbocycles. The quantitative estimate of drug-likeness (QED) is 0.161. The van der Waals surface area contributed by atoms with Gasteiger partial charge in [0.05, 0.1) is 31.5 Å². The number of rotatable bonds is 12. The lowest BCUT2D eigenvalue weighted by atomic mass is 9.90. The van der Waals surface area contributed by atoms with Crippen molar-refractivity contribution in [2.45, 2.75) is 57.3 Å². The van der Waals surface area contributed by atoms with Gasteiger partial charge in [0.1, 0.15) is 12.2 Å². The zero-order valence-electron chi connectivity index (χ0n) is 26.1. The molecule has 242 valence electrons. The molecule has 0 N–H and O–H groups in total. The molecule has 2 fully saturated rings. The molecule has 2 saturated heterocycles. The van der Waals surface area contributed by atoms with E-state index in [4.69, 9.17) is 14.2 Å². The molecule has 4 atom stereocenters. The number of anilines is 1. The van der Waals surface area contributed by atoms with Gasteiger partial charge in [-0.05, 0) is 35.7 Å². The van der Waals surface area contributed by atoms with Crippen LogP contribution in [0.3, 0.4) is 0 Å². The fourth-order valence-electron chi connectivity index (χ4n) is 6.53. The molecule has 4 aromatic carbocycles. The number of hydrogen-bond donors (Lipinski definition) is 0. The Morgan fingerprint density at radius 3 is 1.63 bits per heavy atom. The number of benzene rings is 4. The molecule has 0 radical (unpaired) electrons. The largest absolute Gasteiger partial charge is 0.418 e. The Morgan fingerprint density at radius 2 is 1.09 bits per heavy atom. The molecule has 0 spiro atoms. The van der Waals surface area contributed by atoms with Crippen molar-refractivity contribution in [1.29, 1.82) is 0 Å². The van der Waals surface area contributed by atoms with Crippen LogP contribution in [-0.2, 0) is 40.2 Å². The number of para-hydroxylation sites is 1. The van der Waals surface area contributed by atoms with E-state index in [9.17, 15) is 13.2 Å². The minimum Gasteiger partial charge on any atom is -0.370 e. The van der Waals surface area contributed by atoms with E-state index in [1.54, 1.807) is 12.1 Å². The van der Waals surface area contributed by atoms with Crippen LogP contribution in [0.5, 0.6) is 0 Å². The lowest BCUT2D eigenvalue weighted by Crippen LogP contribution is -2.64. The minimum atomic E-state index is -4.38. The van der Waals surface area contributed by atoms with Gasteiger partial charge in [-0.3, -0.25) is 4.90 Å². The first kappa shape index (κ1) is 32.3. The van der Waals surface area contributed by atoms with Crippen molar-refractivity contribution in [3.63, 3.8) is 0 Å². The van der Waals surface area contributed by atoms with Crippen molar-refractivity contribution in [2.75, 3.05) is 31.1 Å². The van der Waals surface area contributed by atoms with Gasteiger partial charge < -0.3 is 19.1 Å². The Morgan fingerprint density at radius 1 is 0.609 bits per heavy atom. The van der Waals surface area contributed by atoms with Crippen LogP contribution in [0, 0.1) is 5.92 Å². The predicted octanol–water partition coefficient (Wildman–Crippen LogP) is 7.60. The molecule has 2 aliphatic heterocycles. The Kier molecular flexibility index (Phi) is 10.4. The second-order valence-electron chi connectivity index (χ2n) is 12.3. The van der Waals surface area contributed by atoms with E-state index in [0.29, 0.717) is 39.5 Å². The Balaban J connectivity index is 1.20. The van der Waals surface area contributed by atoms with Crippen molar-refractivity contribution in [1.82, 2.24) is 4.90 Å². The third-order valence-electron chi connectivity index (χ3n) is 9.03. The van der Waals surface area contributed by atoms with Gasteiger partial charge in [0, 0.05) is 43.8 Å². The summed E-state index contributed by atoms with van der Waals surface area (Å²) in [5, 5.41) is 0. The average Bonchev–Trinajstić information content (AvgIpc) is 3.06. The molecule has 0 saturated carbocycles. The van der Waals surface area contributed by atoms with Crippen molar-refractivity contribution in [3.05, 3.63) is 138 Å². The van der Waals surface area contributed by atoms with Crippen LogP contribution in [0.25, 0.3) is 0 Å². The number of alkyl halides is 3. The fourth-order valence-corrected chi connectivity index (χ4v) is 6.53. The highest BCUT2D eigenvalue weighted by Crippen LogP contribution is 2.39. The summed E-state index contributed by atoms with van der Waals surface area (Å²) in [5.74, 6) is 0.218. The molecule has 8 heteroatoms. The van der Waals surface area contributed by atoms with Crippen LogP contribution >= 0.6 is 0 Å². The van der Waals surface area contributed by atoms with Crippen LogP contribution in [-0.4, -0.2) is 55.4 Å². The molecular weight excluding hydrogens is 589 g/mol. The normalized spacial score (nSPS) is 22.5. The fraction of sp³-hybridized carbons (Fsp3) is 0.368. The van der Waals surface area contributed by atoms with Crippen LogP contribution in [0.4, 0.5) is 18.9 Å². The second kappa shape index (κ2) is 14.8. The highest BCUT2D eigenvalue weighted by Gasteiger charge is 2.46. The maximum atomic E-state index is 13.7. The number of halogens is 3. The van der Waals surface area contributed by atoms with Gasteiger partial charge in [0.2, 0.25) is 0 Å². The molecule has 5 nitrogen and oxygen atoms in total. The molecule has 0 aromatic heterocycles. The Hall–Kier alpha value is -3.69. The highest BCUT2D eigenvalue weighted by molar-refractivity contribution is 5.56. The smallest absolute Gasteiger partial charge is 0.370 e. The van der Waals surface area contributed by atoms with Gasteiger partial charge in [-0.25, -0.2) is 0 Å². The first-order valence-electron chi connectivity index (χ1n) is 16.0. The summed E-state index contributed by atoms with van der Waals surface area (Å²) in [6, 6.07) is 36.1. The monoisotopic (exact) mass is 630 g/mol. The summed E-state index contributed by atoms with van der Waals surface area (Å²) in [4.78, 5) is 4.21. The number of piperidine rings is 1. The van der Waals surface area contributed by atoms with Crippen molar-refractivity contribution in [2.24, 2.45) is 5.92 Å². The number of ether oxygens (including phenoxy) is 3. The third kappa shape index (κ3) is 7.99. The molecule has 0 amide bonds. The average molecular weight is 631 g/mol. The molecule has 4 aromatic rings. The highest BCUT2D eigenvalue weighted by atomic mass is 19.4. The number of likely N-dealkylation sites (tertiary alicyclic amines) is 1.